The predicted molar refractivity (Wildman–Crippen MR) is 214 cm³/mol. The number of halogens is 2. The van der Waals surface area contributed by atoms with E-state index in [-0.39, 0.29) is 53.4 Å². The number of thiazole rings is 2. The lowest BCUT2D eigenvalue weighted by Gasteiger charge is -2.28. The summed E-state index contributed by atoms with van der Waals surface area (Å²) in [6.07, 6.45) is -2.38. The quantitative estimate of drug-likeness (QED) is 0.0614. The van der Waals surface area contributed by atoms with Crippen LogP contribution in [0.5, 0.6) is 0 Å². The van der Waals surface area contributed by atoms with Crippen LogP contribution in [0.4, 0.5) is 0 Å². The number of methoxy groups -OCH3 is 1. The van der Waals surface area contributed by atoms with E-state index in [0.29, 0.717) is 30.7 Å². The second kappa shape index (κ2) is 23.9. The van der Waals surface area contributed by atoms with Gasteiger partial charge in [0.05, 0.1) is 25.5 Å². The second-order valence-electron chi connectivity index (χ2n) is 14.5. The van der Waals surface area contributed by atoms with E-state index >= 15 is 0 Å². The van der Waals surface area contributed by atoms with Gasteiger partial charge in [0.2, 0.25) is 5.91 Å². The number of hydrogen-bond acceptors (Lipinski definition) is 16. The largest absolute Gasteiger partial charge is 0.464 e. The van der Waals surface area contributed by atoms with Crippen LogP contribution in [0, 0.1) is 17.8 Å². The average Bonchev–Trinajstić information content (AvgIpc) is 3.81. The van der Waals surface area contributed by atoms with E-state index in [1.165, 1.54) is 24.8 Å². The lowest BCUT2D eigenvalue weighted by molar-refractivity contribution is -0.160. The van der Waals surface area contributed by atoms with Crippen molar-refractivity contribution in [2.24, 2.45) is 17.8 Å². The Hall–Kier alpha value is -3.38. The molecule has 6 unspecified atom stereocenters. The van der Waals surface area contributed by atoms with Gasteiger partial charge in [-0.2, -0.15) is 0 Å². The minimum Gasteiger partial charge on any atom is -0.464 e. The third kappa shape index (κ3) is 17.6. The van der Waals surface area contributed by atoms with Crippen LogP contribution in [0.2, 0.25) is 0 Å². The number of aromatic nitrogens is 2. The second-order valence-corrected chi connectivity index (χ2v) is 18.2. The number of hydrogen-bond donors (Lipinski definition) is 2. The average molecular weight is 881 g/mol. The number of carbonyl (C=O) groups is 6. The Labute approximate surface area is 351 Å². The van der Waals surface area contributed by atoms with Crippen molar-refractivity contribution in [1.29, 1.82) is 0 Å². The molecule has 2 heterocycles. The number of esters is 5. The molecule has 57 heavy (non-hydrogen) atoms. The summed E-state index contributed by atoms with van der Waals surface area (Å²) in [5.41, 5.74) is -0.0688. The van der Waals surface area contributed by atoms with Crippen LogP contribution in [0.15, 0.2) is 10.8 Å². The zero-order valence-corrected chi connectivity index (χ0v) is 37.0. The predicted octanol–water partition coefficient (Wildman–Crippen LogP) is 7.08. The Bertz CT molecular complexity index is 1640. The molecule has 320 valence electrons. The number of ether oxygens (including phenoxy) is 5. The first-order valence-corrected chi connectivity index (χ1v) is 21.3. The molecule has 2 aromatic rings. The first-order chi connectivity index (χ1) is 26.6. The summed E-state index contributed by atoms with van der Waals surface area (Å²) in [4.78, 5) is 84.5. The summed E-state index contributed by atoms with van der Waals surface area (Å²) in [6.45, 7) is 13.2. The minimum absolute atomic E-state index is 0.0504. The van der Waals surface area contributed by atoms with Crippen molar-refractivity contribution < 1.29 is 57.6 Å². The zero-order valence-electron chi connectivity index (χ0n) is 33.8. The molecule has 1 amide bonds. The molecular weight excluding hydrogens is 825 g/mol. The summed E-state index contributed by atoms with van der Waals surface area (Å²) in [7, 11) is 1.24. The molecule has 0 aromatic carbocycles. The number of nitrogens with one attached hydrogen (secondary N) is 1. The van der Waals surface area contributed by atoms with Gasteiger partial charge in [-0.15, -0.1) is 45.9 Å². The summed E-state index contributed by atoms with van der Waals surface area (Å²) >= 11 is 14.4. The van der Waals surface area contributed by atoms with Gasteiger partial charge in [0, 0.05) is 24.1 Å². The van der Waals surface area contributed by atoms with Crippen molar-refractivity contribution in [1.82, 2.24) is 15.3 Å². The van der Waals surface area contributed by atoms with E-state index in [1.54, 1.807) is 13.8 Å². The fourth-order valence-electron chi connectivity index (χ4n) is 5.49. The standard InChI is InChI=1S/C38H55Cl2N3O12S2/c1-10-12-30(46)41-24(15-20(2)3)29(53-23(7)44)16-31(47)52-17-27(45)33-42-26(19-56-33)37(50)54-28(13-11-14-38(8,39)40)22(6)35(48)55-32(21(4)5)34-43-25(18-57-34)36(49)51-9/h18-22,24,27-29,32,45H,10-17H2,1-9H3,(H,41,46). The normalized spacial score (nSPS) is 14.8. The van der Waals surface area contributed by atoms with Gasteiger partial charge in [-0.25, -0.2) is 19.6 Å². The summed E-state index contributed by atoms with van der Waals surface area (Å²) in [6, 6.07) is -0.642. The van der Waals surface area contributed by atoms with Crippen molar-refractivity contribution in [3.8, 4) is 0 Å². The van der Waals surface area contributed by atoms with Crippen molar-refractivity contribution in [2.45, 2.75) is 135 Å². The van der Waals surface area contributed by atoms with Gasteiger partial charge in [0.1, 0.15) is 39.3 Å². The Balaban J connectivity index is 2.15. The van der Waals surface area contributed by atoms with Gasteiger partial charge >= 0.3 is 29.8 Å². The zero-order chi connectivity index (χ0) is 43.0. The molecule has 0 saturated carbocycles. The highest BCUT2D eigenvalue weighted by atomic mass is 35.5. The monoisotopic (exact) mass is 879 g/mol. The Morgan fingerprint density at radius 1 is 0.912 bits per heavy atom. The Morgan fingerprint density at radius 3 is 2.09 bits per heavy atom. The summed E-state index contributed by atoms with van der Waals surface area (Å²) in [5.74, 6) is -4.92. The molecule has 6 atom stereocenters. The van der Waals surface area contributed by atoms with Gasteiger partial charge in [-0.1, -0.05) is 34.6 Å². The third-order valence-electron chi connectivity index (χ3n) is 8.40. The lowest BCUT2D eigenvalue weighted by Crippen LogP contribution is -2.47. The maximum atomic E-state index is 13.5. The Kier molecular flexibility index (Phi) is 20.9. The lowest BCUT2D eigenvalue weighted by atomic mass is 9.96. The highest BCUT2D eigenvalue weighted by Crippen LogP contribution is 2.32. The number of aliphatic hydroxyl groups excluding tert-OH is 1. The summed E-state index contributed by atoms with van der Waals surface area (Å²) in [5, 5.41) is 17.0. The van der Waals surface area contributed by atoms with Crippen molar-refractivity contribution in [3.63, 3.8) is 0 Å². The maximum absolute atomic E-state index is 13.5. The Morgan fingerprint density at radius 2 is 1.53 bits per heavy atom. The van der Waals surface area contributed by atoms with Gasteiger partial charge in [-0.3, -0.25) is 19.2 Å². The minimum atomic E-state index is -1.42. The van der Waals surface area contributed by atoms with Gasteiger partial charge < -0.3 is 34.1 Å². The number of rotatable bonds is 24. The van der Waals surface area contributed by atoms with E-state index < -0.39 is 77.2 Å². The summed E-state index contributed by atoms with van der Waals surface area (Å²) < 4.78 is 26.0. The van der Waals surface area contributed by atoms with Crippen LogP contribution in [0.3, 0.4) is 0 Å². The number of alkyl halides is 2. The van der Waals surface area contributed by atoms with E-state index in [2.05, 4.69) is 15.3 Å². The molecule has 0 radical (unpaired) electrons. The molecule has 0 aliphatic carbocycles. The molecule has 0 aliphatic rings. The molecule has 0 aliphatic heterocycles. The fourth-order valence-corrected chi connectivity index (χ4v) is 7.50. The van der Waals surface area contributed by atoms with Crippen LogP contribution >= 0.6 is 45.9 Å². The van der Waals surface area contributed by atoms with E-state index in [9.17, 15) is 33.9 Å². The number of nitrogens with zero attached hydrogens (tertiary/aromatic N) is 2. The van der Waals surface area contributed by atoms with Crippen LogP contribution in [0.1, 0.15) is 144 Å². The van der Waals surface area contributed by atoms with Gasteiger partial charge in [0.15, 0.2) is 17.5 Å². The van der Waals surface area contributed by atoms with Gasteiger partial charge in [0.25, 0.3) is 0 Å². The van der Waals surface area contributed by atoms with Crippen molar-refractivity contribution in [2.75, 3.05) is 13.7 Å². The molecule has 0 fully saturated rings. The highest BCUT2D eigenvalue weighted by Gasteiger charge is 2.35. The van der Waals surface area contributed by atoms with Crippen molar-refractivity contribution >= 4 is 81.6 Å². The molecule has 2 aromatic heterocycles. The molecule has 2 rings (SSSR count). The van der Waals surface area contributed by atoms with Crippen molar-refractivity contribution in [3.05, 3.63) is 32.2 Å². The van der Waals surface area contributed by atoms with Crippen LogP contribution < -0.4 is 5.32 Å². The third-order valence-corrected chi connectivity index (χ3v) is 10.6. The fraction of sp³-hybridized carbons (Fsp3) is 0.684. The maximum Gasteiger partial charge on any atom is 0.358 e. The molecule has 19 heteroatoms. The molecule has 15 nitrogen and oxygen atoms in total. The molecular formula is C38H55Cl2N3O12S2. The SMILES string of the molecule is CCCC(=O)NC(CC(C)C)C(CC(=O)OCC(O)c1nc(C(=O)OC(CCCC(C)(Cl)Cl)C(C)C(=O)OC(c2nc(C(=O)OC)cs2)C(C)C)cs1)OC(C)=O. The van der Waals surface area contributed by atoms with Gasteiger partial charge in [-0.05, 0) is 57.8 Å². The molecule has 0 spiro atoms. The topological polar surface area (TPSA) is 207 Å². The van der Waals surface area contributed by atoms with Crippen LogP contribution in [-0.4, -0.2) is 87.1 Å². The molecule has 2 N–H and O–H groups in total. The van der Waals surface area contributed by atoms with Crippen LogP contribution in [0.25, 0.3) is 0 Å². The number of amides is 1. The van der Waals surface area contributed by atoms with Crippen LogP contribution in [-0.2, 0) is 42.9 Å². The van der Waals surface area contributed by atoms with E-state index in [0.717, 1.165) is 22.7 Å². The molecule has 0 bridgehead atoms. The van der Waals surface area contributed by atoms with E-state index in [4.69, 9.17) is 46.9 Å². The first kappa shape index (κ1) is 49.8. The molecule has 0 saturated heterocycles. The number of carbonyl (C=O) groups excluding carboxylic acids is 6. The number of aliphatic hydroxyl groups is 1. The first-order valence-electron chi connectivity index (χ1n) is 18.7. The van der Waals surface area contributed by atoms with E-state index in [1.807, 2.05) is 34.6 Å². The smallest absolute Gasteiger partial charge is 0.358 e. The highest BCUT2D eigenvalue weighted by molar-refractivity contribution is 7.10.